The molecule has 1 heterocycles. The largest absolute Gasteiger partial charge is 0.497 e. The highest BCUT2D eigenvalue weighted by Crippen LogP contribution is 2.30. The Labute approximate surface area is 130 Å². The molecule has 1 aromatic carbocycles. The minimum absolute atomic E-state index is 0.0249. The quantitative estimate of drug-likeness (QED) is 0.902. The van der Waals surface area contributed by atoms with Crippen LogP contribution in [-0.4, -0.2) is 43.5 Å². The first-order valence-electron chi connectivity index (χ1n) is 7.28. The van der Waals surface area contributed by atoms with E-state index in [0.717, 1.165) is 0 Å². The summed E-state index contributed by atoms with van der Waals surface area (Å²) >= 11 is 0. The Morgan fingerprint density at radius 3 is 2.59 bits per heavy atom. The molecular formula is C16H22N2O4. The summed E-state index contributed by atoms with van der Waals surface area (Å²) in [6, 6.07) is 5.29. The Morgan fingerprint density at radius 2 is 2.05 bits per heavy atom. The van der Waals surface area contributed by atoms with Gasteiger partial charge in [0.15, 0.2) is 0 Å². The van der Waals surface area contributed by atoms with Gasteiger partial charge in [-0.2, -0.15) is 0 Å². The number of likely N-dealkylation sites (tertiary alicyclic amines) is 1. The minimum atomic E-state index is -0.332. The van der Waals surface area contributed by atoms with E-state index in [-0.39, 0.29) is 30.2 Å². The lowest BCUT2D eigenvalue weighted by atomic mass is 10.1. The Bertz CT molecular complexity index is 571. The fourth-order valence-electron chi connectivity index (χ4n) is 2.54. The van der Waals surface area contributed by atoms with Gasteiger partial charge in [0.1, 0.15) is 11.5 Å². The first kappa shape index (κ1) is 16.1. The van der Waals surface area contributed by atoms with Crippen LogP contribution in [0.25, 0.3) is 0 Å². The highest BCUT2D eigenvalue weighted by molar-refractivity contribution is 5.98. The summed E-state index contributed by atoms with van der Waals surface area (Å²) in [5.41, 5.74) is 0.573. The molecule has 1 aliphatic heterocycles. The minimum Gasteiger partial charge on any atom is -0.497 e. The van der Waals surface area contributed by atoms with Crippen LogP contribution in [0.1, 0.15) is 20.3 Å². The van der Waals surface area contributed by atoms with Gasteiger partial charge in [0.05, 0.1) is 25.8 Å². The fraction of sp³-hybridized carbons (Fsp3) is 0.500. The Kier molecular flexibility index (Phi) is 4.90. The number of nitrogens with zero attached hydrogens (tertiary/aromatic N) is 1. The van der Waals surface area contributed by atoms with Crippen LogP contribution in [0.4, 0.5) is 5.69 Å². The van der Waals surface area contributed by atoms with E-state index in [1.54, 1.807) is 30.2 Å². The van der Waals surface area contributed by atoms with Crippen LogP contribution in [0, 0.1) is 5.92 Å². The summed E-state index contributed by atoms with van der Waals surface area (Å²) in [6.45, 7) is 4.36. The molecule has 120 valence electrons. The van der Waals surface area contributed by atoms with E-state index >= 15 is 0 Å². The molecule has 1 aromatic rings. The molecule has 2 rings (SSSR count). The van der Waals surface area contributed by atoms with Crippen LogP contribution in [0.2, 0.25) is 0 Å². The lowest BCUT2D eigenvalue weighted by Crippen LogP contribution is -2.33. The van der Waals surface area contributed by atoms with Gasteiger partial charge in [-0.25, -0.2) is 0 Å². The van der Waals surface area contributed by atoms with Gasteiger partial charge in [-0.05, 0) is 26.0 Å². The number of hydrogen-bond donors (Lipinski definition) is 1. The molecule has 1 fully saturated rings. The van der Waals surface area contributed by atoms with Crippen LogP contribution in [0.15, 0.2) is 18.2 Å². The lowest BCUT2D eigenvalue weighted by Gasteiger charge is -2.20. The molecule has 6 heteroatoms. The molecule has 1 saturated heterocycles. The van der Waals surface area contributed by atoms with Gasteiger partial charge in [-0.1, -0.05) is 0 Å². The van der Waals surface area contributed by atoms with Gasteiger partial charge in [0, 0.05) is 25.1 Å². The van der Waals surface area contributed by atoms with Crippen molar-refractivity contribution in [3.05, 3.63) is 18.2 Å². The second kappa shape index (κ2) is 6.68. The normalized spacial score (nSPS) is 17.8. The van der Waals surface area contributed by atoms with Crippen LogP contribution in [-0.2, 0) is 9.59 Å². The highest BCUT2D eigenvalue weighted by Gasteiger charge is 2.35. The average molecular weight is 306 g/mol. The number of rotatable bonds is 5. The summed E-state index contributed by atoms with van der Waals surface area (Å²) in [4.78, 5) is 26.0. The fourth-order valence-corrected chi connectivity index (χ4v) is 2.54. The first-order valence-corrected chi connectivity index (χ1v) is 7.28. The van der Waals surface area contributed by atoms with Crippen molar-refractivity contribution in [3.8, 4) is 11.5 Å². The summed E-state index contributed by atoms with van der Waals surface area (Å²) in [7, 11) is 3.10. The van der Waals surface area contributed by atoms with Crippen molar-refractivity contribution in [2.24, 2.45) is 5.92 Å². The topological polar surface area (TPSA) is 67.9 Å². The van der Waals surface area contributed by atoms with Crippen LogP contribution >= 0.6 is 0 Å². The number of nitrogens with one attached hydrogen (secondary N) is 1. The zero-order valence-electron chi connectivity index (χ0n) is 13.4. The molecule has 1 atom stereocenters. The third-order valence-electron chi connectivity index (χ3n) is 3.82. The number of hydrogen-bond acceptors (Lipinski definition) is 4. The predicted octanol–water partition coefficient (Wildman–Crippen LogP) is 1.90. The zero-order chi connectivity index (χ0) is 16.3. The summed E-state index contributed by atoms with van der Waals surface area (Å²) in [5, 5.41) is 2.84. The van der Waals surface area contributed by atoms with Gasteiger partial charge in [-0.3, -0.25) is 9.59 Å². The molecule has 0 aromatic heterocycles. The number of carbonyl (C=O) groups is 2. The SMILES string of the molecule is COc1ccc(NC(=O)[C@@H]2CC(=O)N(C(C)C)C2)c(OC)c1. The van der Waals surface area contributed by atoms with Crippen molar-refractivity contribution in [1.29, 1.82) is 0 Å². The van der Waals surface area contributed by atoms with E-state index in [9.17, 15) is 9.59 Å². The molecule has 0 radical (unpaired) electrons. The van der Waals surface area contributed by atoms with Gasteiger partial charge in [0.2, 0.25) is 11.8 Å². The third-order valence-corrected chi connectivity index (χ3v) is 3.82. The first-order chi connectivity index (χ1) is 10.5. The molecule has 1 aliphatic rings. The lowest BCUT2D eigenvalue weighted by molar-refractivity contribution is -0.129. The van der Waals surface area contributed by atoms with Crippen LogP contribution in [0.3, 0.4) is 0 Å². The summed E-state index contributed by atoms with van der Waals surface area (Å²) in [5.74, 6) is 0.702. The highest BCUT2D eigenvalue weighted by atomic mass is 16.5. The second-order valence-corrected chi connectivity index (χ2v) is 5.60. The Hall–Kier alpha value is -2.24. The van der Waals surface area contributed by atoms with Gasteiger partial charge < -0.3 is 19.7 Å². The van der Waals surface area contributed by atoms with Crippen molar-refractivity contribution < 1.29 is 19.1 Å². The Morgan fingerprint density at radius 1 is 1.32 bits per heavy atom. The molecule has 0 unspecified atom stereocenters. The van der Waals surface area contributed by atoms with E-state index in [1.165, 1.54) is 7.11 Å². The van der Waals surface area contributed by atoms with E-state index in [1.807, 2.05) is 13.8 Å². The molecule has 22 heavy (non-hydrogen) atoms. The molecule has 0 aliphatic carbocycles. The van der Waals surface area contributed by atoms with E-state index in [0.29, 0.717) is 23.7 Å². The van der Waals surface area contributed by atoms with Crippen molar-refractivity contribution in [3.63, 3.8) is 0 Å². The molecule has 0 spiro atoms. The van der Waals surface area contributed by atoms with Gasteiger partial charge in [0.25, 0.3) is 0 Å². The Balaban J connectivity index is 2.08. The number of amides is 2. The standard InChI is InChI=1S/C16H22N2O4/c1-10(2)18-9-11(7-15(18)19)16(20)17-13-6-5-12(21-3)8-14(13)22-4/h5-6,8,10-11H,7,9H2,1-4H3,(H,17,20)/t11-/m1/s1. The summed E-state index contributed by atoms with van der Waals surface area (Å²) < 4.78 is 10.4. The van der Waals surface area contributed by atoms with Crippen molar-refractivity contribution >= 4 is 17.5 Å². The molecule has 6 nitrogen and oxygen atoms in total. The van der Waals surface area contributed by atoms with Gasteiger partial charge >= 0.3 is 0 Å². The van der Waals surface area contributed by atoms with Crippen molar-refractivity contribution in [1.82, 2.24) is 4.90 Å². The third kappa shape index (κ3) is 3.32. The van der Waals surface area contributed by atoms with Crippen LogP contribution < -0.4 is 14.8 Å². The van der Waals surface area contributed by atoms with E-state index in [2.05, 4.69) is 5.32 Å². The van der Waals surface area contributed by atoms with E-state index in [4.69, 9.17) is 9.47 Å². The summed E-state index contributed by atoms with van der Waals surface area (Å²) in [6.07, 6.45) is 0.252. The monoisotopic (exact) mass is 306 g/mol. The smallest absolute Gasteiger partial charge is 0.229 e. The maximum Gasteiger partial charge on any atom is 0.229 e. The second-order valence-electron chi connectivity index (χ2n) is 5.60. The maximum absolute atomic E-state index is 12.4. The van der Waals surface area contributed by atoms with Gasteiger partial charge in [-0.15, -0.1) is 0 Å². The van der Waals surface area contributed by atoms with Crippen LogP contribution in [0.5, 0.6) is 11.5 Å². The molecule has 0 bridgehead atoms. The average Bonchev–Trinajstić information content (AvgIpc) is 2.90. The molecule has 0 saturated carbocycles. The number of anilines is 1. The molecular weight excluding hydrogens is 284 g/mol. The maximum atomic E-state index is 12.4. The molecule has 1 N–H and O–H groups in total. The number of ether oxygens (including phenoxy) is 2. The van der Waals surface area contributed by atoms with Crippen molar-refractivity contribution in [2.75, 3.05) is 26.1 Å². The number of benzene rings is 1. The van der Waals surface area contributed by atoms with Crippen molar-refractivity contribution in [2.45, 2.75) is 26.3 Å². The number of methoxy groups -OCH3 is 2. The predicted molar refractivity (Wildman–Crippen MR) is 83.1 cm³/mol. The molecule has 2 amide bonds. The zero-order valence-corrected chi connectivity index (χ0v) is 13.4. The van der Waals surface area contributed by atoms with E-state index < -0.39 is 0 Å². The number of carbonyl (C=O) groups excluding carboxylic acids is 2.